The third kappa shape index (κ3) is 5.24. The van der Waals surface area contributed by atoms with Crippen LogP contribution in [0.3, 0.4) is 0 Å². The summed E-state index contributed by atoms with van der Waals surface area (Å²) in [4.78, 5) is 12.1. The summed E-state index contributed by atoms with van der Waals surface area (Å²) in [6.45, 7) is 8.97. The van der Waals surface area contributed by atoms with Gasteiger partial charge in [0.05, 0.1) is 0 Å². The van der Waals surface area contributed by atoms with Gasteiger partial charge in [-0.05, 0) is 49.9 Å². The fourth-order valence-corrected chi connectivity index (χ4v) is 1.97. The summed E-state index contributed by atoms with van der Waals surface area (Å²) in [7, 11) is 0. The zero-order valence-corrected chi connectivity index (χ0v) is 13.2. The van der Waals surface area contributed by atoms with Crippen LogP contribution in [0.5, 0.6) is 5.75 Å². The van der Waals surface area contributed by atoms with Crippen LogP contribution in [0.4, 0.5) is 0 Å². The molecule has 3 nitrogen and oxygen atoms in total. The highest BCUT2D eigenvalue weighted by Crippen LogP contribution is 2.18. The second-order valence-corrected chi connectivity index (χ2v) is 5.26. The Morgan fingerprint density at radius 2 is 1.95 bits per heavy atom. The first kappa shape index (κ1) is 16.5. The van der Waals surface area contributed by atoms with Crippen LogP contribution in [0.25, 0.3) is 0 Å². The molecule has 0 aromatic heterocycles. The molecule has 0 saturated carbocycles. The third-order valence-corrected chi connectivity index (χ3v) is 3.50. The number of rotatable bonds is 8. The SMILES string of the molecule is CCCCCNC(=O)[C@H](CC)Oc1ccc(C)c(C)c1. The van der Waals surface area contributed by atoms with Crippen LogP contribution in [0, 0.1) is 13.8 Å². The van der Waals surface area contributed by atoms with Crippen LogP contribution >= 0.6 is 0 Å². The molecule has 1 atom stereocenters. The molecule has 1 N–H and O–H groups in total. The Balaban J connectivity index is 2.52. The van der Waals surface area contributed by atoms with Crippen LogP contribution in [0.1, 0.15) is 50.7 Å². The molecule has 0 bridgehead atoms. The van der Waals surface area contributed by atoms with Gasteiger partial charge >= 0.3 is 0 Å². The molecule has 112 valence electrons. The molecule has 3 heteroatoms. The minimum atomic E-state index is -0.404. The predicted octanol–water partition coefficient (Wildman–Crippen LogP) is 3.77. The Kier molecular flexibility index (Phi) is 7.13. The number of aryl methyl sites for hydroxylation is 2. The number of carbonyl (C=O) groups excluding carboxylic acids is 1. The molecule has 0 aliphatic carbocycles. The largest absolute Gasteiger partial charge is 0.481 e. The fourth-order valence-electron chi connectivity index (χ4n) is 1.97. The molecule has 1 amide bonds. The zero-order valence-electron chi connectivity index (χ0n) is 13.2. The van der Waals surface area contributed by atoms with Gasteiger partial charge in [0.2, 0.25) is 0 Å². The van der Waals surface area contributed by atoms with Gasteiger partial charge in [-0.1, -0.05) is 32.8 Å². The minimum absolute atomic E-state index is 0.0122. The highest BCUT2D eigenvalue weighted by Gasteiger charge is 2.17. The van der Waals surface area contributed by atoms with Gasteiger partial charge in [0.25, 0.3) is 5.91 Å². The first-order valence-corrected chi connectivity index (χ1v) is 7.60. The average Bonchev–Trinajstić information content (AvgIpc) is 2.44. The molecule has 20 heavy (non-hydrogen) atoms. The monoisotopic (exact) mass is 277 g/mol. The van der Waals surface area contributed by atoms with Gasteiger partial charge in [-0.2, -0.15) is 0 Å². The molecule has 0 fully saturated rings. The molecule has 0 unspecified atom stereocenters. The van der Waals surface area contributed by atoms with Crippen molar-refractivity contribution in [2.45, 2.75) is 59.5 Å². The van der Waals surface area contributed by atoms with E-state index in [0.29, 0.717) is 6.42 Å². The van der Waals surface area contributed by atoms with Gasteiger partial charge < -0.3 is 10.1 Å². The fraction of sp³-hybridized carbons (Fsp3) is 0.588. The first-order valence-electron chi connectivity index (χ1n) is 7.60. The summed E-state index contributed by atoms with van der Waals surface area (Å²) in [6.07, 6.45) is 3.61. The Hall–Kier alpha value is -1.51. The van der Waals surface area contributed by atoms with Crippen molar-refractivity contribution in [3.8, 4) is 5.75 Å². The molecular weight excluding hydrogens is 250 g/mol. The molecule has 1 aromatic carbocycles. The number of unbranched alkanes of at least 4 members (excludes halogenated alkanes) is 2. The van der Waals surface area contributed by atoms with E-state index in [1.807, 2.05) is 32.0 Å². The van der Waals surface area contributed by atoms with Gasteiger partial charge in [-0.3, -0.25) is 4.79 Å². The normalized spacial score (nSPS) is 12.0. The smallest absolute Gasteiger partial charge is 0.261 e. The van der Waals surface area contributed by atoms with E-state index in [0.717, 1.165) is 31.6 Å². The van der Waals surface area contributed by atoms with E-state index in [2.05, 4.69) is 19.2 Å². The van der Waals surface area contributed by atoms with Crippen molar-refractivity contribution in [1.29, 1.82) is 0 Å². The Bertz CT molecular complexity index is 429. The maximum Gasteiger partial charge on any atom is 0.261 e. The quantitative estimate of drug-likeness (QED) is 0.735. The number of carbonyl (C=O) groups is 1. The van der Waals surface area contributed by atoms with Crippen molar-refractivity contribution in [2.24, 2.45) is 0 Å². The third-order valence-electron chi connectivity index (χ3n) is 3.50. The van der Waals surface area contributed by atoms with Crippen molar-refractivity contribution in [1.82, 2.24) is 5.32 Å². The number of nitrogens with one attached hydrogen (secondary N) is 1. The van der Waals surface area contributed by atoms with Crippen molar-refractivity contribution < 1.29 is 9.53 Å². The summed E-state index contributed by atoms with van der Waals surface area (Å²) in [5.74, 6) is 0.755. The van der Waals surface area contributed by atoms with Crippen LogP contribution in [-0.4, -0.2) is 18.6 Å². The highest BCUT2D eigenvalue weighted by molar-refractivity contribution is 5.81. The van der Waals surface area contributed by atoms with Crippen LogP contribution in [0.15, 0.2) is 18.2 Å². The standard InChI is InChI=1S/C17H27NO2/c1-5-7-8-11-18-17(19)16(6-2)20-15-10-9-13(3)14(4)12-15/h9-10,12,16H,5-8,11H2,1-4H3,(H,18,19)/t16-/m0/s1. The van der Waals surface area contributed by atoms with Crippen LogP contribution in [0.2, 0.25) is 0 Å². The van der Waals surface area contributed by atoms with Crippen molar-refractivity contribution >= 4 is 5.91 Å². The lowest BCUT2D eigenvalue weighted by Gasteiger charge is -2.18. The predicted molar refractivity (Wildman–Crippen MR) is 83.2 cm³/mol. The topological polar surface area (TPSA) is 38.3 Å². The second-order valence-electron chi connectivity index (χ2n) is 5.26. The maximum atomic E-state index is 12.1. The van der Waals surface area contributed by atoms with E-state index in [1.165, 1.54) is 11.1 Å². The van der Waals surface area contributed by atoms with Crippen LogP contribution < -0.4 is 10.1 Å². The summed E-state index contributed by atoms with van der Waals surface area (Å²) in [5, 5.41) is 2.95. The van der Waals surface area contributed by atoms with E-state index in [4.69, 9.17) is 4.74 Å². The number of hydrogen-bond acceptors (Lipinski definition) is 2. The molecule has 0 saturated heterocycles. The summed E-state index contributed by atoms with van der Waals surface area (Å²) >= 11 is 0. The van der Waals surface area contributed by atoms with Gasteiger partial charge in [0.1, 0.15) is 5.75 Å². The van der Waals surface area contributed by atoms with E-state index in [9.17, 15) is 4.79 Å². The number of amides is 1. The summed E-state index contributed by atoms with van der Waals surface area (Å²) < 4.78 is 5.81. The van der Waals surface area contributed by atoms with Crippen molar-refractivity contribution in [3.05, 3.63) is 29.3 Å². The first-order chi connectivity index (χ1) is 9.58. The summed E-state index contributed by atoms with van der Waals surface area (Å²) in [5.41, 5.74) is 2.41. The van der Waals surface area contributed by atoms with Gasteiger partial charge in [-0.25, -0.2) is 0 Å². The molecule has 0 spiro atoms. The van der Waals surface area contributed by atoms with E-state index in [1.54, 1.807) is 0 Å². The molecule has 0 aliphatic heterocycles. The van der Waals surface area contributed by atoms with E-state index >= 15 is 0 Å². The van der Waals surface area contributed by atoms with Gasteiger partial charge in [0, 0.05) is 6.54 Å². The average molecular weight is 277 g/mol. The second kappa shape index (κ2) is 8.62. The highest BCUT2D eigenvalue weighted by atomic mass is 16.5. The number of hydrogen-bond donors (Lipinski definition) is 1. The lowest BCUT2D eigenvalue weighted by molar-refractivity contribution is -0.128. The van der Waals surface area contributed by atoms with E-state index < -0.39 is 6.10 Å². The molecular formula is C17H27NO2. The number of ether oxygens (including phenoxy) is 1. The minimum Gasteiger partial charge on any atom is -0.481 e. The van der Waals surface area contributed by atoms with Crippen molar-refractivity contribution in [2.75, 3.05) is 6.54 Å². The molecule has 0 radical (unpaired) electrons. The lowest BCUT2D eigenvalue weighted by atomic mass is 10.1. The lowest BCUT2D eigenvalue weighted by Crippen LogP contribution is -2.38. The molecule has 1 rings (SSSR count). The molecule has 1 aromatic rings. The number of benzene rings is 1. The van der Waals surface area contributed by atoms with Gasteiger partial charge in [0.15, 0.2) is 6.10 Å². The van der Waals surface area contributed by atoms with Crippen molar-refractivity contribution in [3.63, 3.8) is 0 Å². The van der Waals surface area contributed by atoms with E-state index in [-0.39, 0.29) is 5.91 Å². The Morgan fingerprint density at radius 3 is 2.55 bits per heavy atom. The molecule has 0 heterocycles. The van der Waals surface area contributed by atoms with Gasteiger partial charge in [-0.15, -0.1) is 0 Å². The molecule has 0 aliphatic rings. The zero-order chi connectivity index (χ0) is 15.0. The summed E-state index contributed by atoms with van der Waals surface area (Å²) in [6, 6.07) is 5.94. The Morgan fingerprint density at radius 1 is 1.20 bits per heavy atom. The maximum absolute atomic E-state index is 12.1. The van der Waals surface area contributed by atoms with Crippen LogP contribution in [-0.2, 0) is 4.79 Å². The Labute approximate surface area is 122 Å².